The van der Waals surface area contributed by atoms with Crippen LogP contribution >= 0.6 is 0 Å². The van der Waals surface area contributed by atoms with Gasteiger partial charge in [0.1, 0.15) is 5.75 Å². The summed E-state index contributed by atoms with van der Waals surface area (Å²) in [4.78, 5) is 22.8. The van der Waals surface area contributed by atoms with Gasteiger partial charge in [0.25, 0.3) is 5.91 Å². The number of carboxylic acid groups (broad SMARTS) is 1. The summed E-state index contributed by atoms with van der Waals surface area (Å²) >= 11 is 0. The topological polar surface area (TPSA) is 99.4 Å². The average Bonchev–Trinajstić information content (AvgIpc) is 2.44. The lowest BCUT2D eigenvalue weighted by atomic mass is 9.69. The Kier molecular flexibility index (Phi) is 4.43. The number of nitriles is 1. The van der Waals surface area contributed by atoms with Gasteiger partial charge in [0.05, 0.1) is 17.0 Å². The third-order valence-corrected chi connectivity index (χ3v) is 3.74. The molecule has 1 aliphatic carbocycles. The van der Waals surface area contributed by atoms with E-state index in [1.165, 1.54) is 0 Å². The summed E-state index contributed by atoms with van der Waals surface area (Å²) in [6.45, 7) is -0.0422. The lowest BCUT2D eigenvalue weighted by Crippen LogP contribution is -2.48. The molecule has 0 atom stereocenters. The number of aliphatic carboxylic acids is 1. The van der Waals surface area contributed by atoms with Crippen molar-refractivity contribution in [2.24, 2.45) is 5.41 Å². The fourth-order valence-electron chi connectivity index (χ4n) is 2.16. The largest absolute Gasteiger partial charge is 0.484 e. The van der Waals surface area contributed by atoms with Crippen LogP contribution in [0, 0.1) is 16.7 Å². The Balaban J connectivity index is 1.77. The number of nitrogens with zero attached hydrogens (tertiary/aromatic N) is 1. The molecule has 1 fully saturated rings. The zero-order valence-electron chi connectivity index (χ0n) is 11.5. The van der Waals surface area contributed by atoms with Crippen molar-refractivity contribution in [1.29, 1.82) is 5.26 Å². The highest BCUT2D eigenvalue weighted by molar-refractivity contribution is 5.80. The molecule has 0 bridgehead atoms. The van der Waals surface area contributed by atoms with Crippen LogP contribution in [0.1, 0.15) is 24.8 Å². The molecule has 0 heterocycles. The molecule has 1 saturated carbocycles. The van der Waals surface area contributed by atoms with E-state index in [2.05, 4.69) is 5.32 Å². The van der Waals surface area contributed by atoms with Gasteiger partial charge in [-0.3, -0.25) is 9.59 Å². The number of hydrogen-bond donors (Lipinski definition) is 2. The number of nitrogens with one attached hydrogen (secondary N) is 1. The summed E-state index contributed by atoms with van der Waals surface area (Å²) < 4.78 is 5.28. The summed E-state index contributed by atoms with van der Waals surface area (Å²) in [5.74, 6) is -0.727. The molecule has 1 amide bonds. The summed E-state index contributed by atoms with van der Waals surface area (Å²) in [5, 5.41) is 20.4. The molecular formula is C15H16N2O4. The number of carbonyl (C=O) groups excluding carboxylic acids is 1. The highest BCUT2D eigenvalue weighted by atomic mass is 16.5. The minimum Gasteiger partial charge on any atom is -0.484 e. The quantitative estimate of drug-likeness (QED) is 0.822. The molecular weight excluding hydrogens is 272 g/mol. The normalized spacial score (nSPS) is 15.4. The first kappa shape index (κ1) is 14.9. The van der Waals surface area contributed by atoms with E-state index < -0.39 is 11.4 Å². The lowest BCUT2D eigenvalue weighted by Gasteiger charge is -2.37. The number of hydrogen-bond acceptors (Lipinski definition) is 4. The van der Waals surface area contributed by atoms with E-state index in [1.54, 1.807) is 24.3 Å². The number of rotatable bonds is 6. The molecule has 0 radical (unpaired) electrons. The first-order valence-electron chi connectivity index (χ1n) is 6.69. The van der Waals surface area contributed by atoms with Crippen molar-refractivity contribution in [2.75, 3.05) is 13.2 Å². The maximum Gasteiger partial charge on any atom is 0.311 e. The highest BCUT2D eigenvalue weighted by Gasteiger charge is 2.44. The van der Waals surface area contributed by atoms with Crippen molar-refractivity contribution in [1.82, 2.24) is 5.32 Å². The molecule has 6 nitrogen and oxygen atoms in total. The van der Waals surface area contributed by atoms with Gasteiger partial charge >= 0.3 is 5.97 Å². The molecule has 0 aliphatic heterocycles. The van der Waals surface area contributed by atoms with Crippen molar-refractivity contribution in [2.45, 2.75) is 19.3 Å². The third kappa shape index (κ3) is 3.51. The lowest BCUT2D eigenvalue weighted by molar-refractivity contribution is -0.154. The van der Waals surface area contributed by atoms with Gasteiger partial charge in [-0.1, -0.05) is 6.42 Å². The van der Waals surface area contributed by atoms with E-state index in [-0.39, 0.29) is 19.1 Å². The number of ether oxygens (including phenoxy) is 1. The third-order valence-electron chi connectivity index (χ3n) is 3.74. The maximum atomic E-state index is 11.7. The van der Waals surface area contributed by atoms with Crippen molar-refractivity contribution in [3.05, 3.63) is 29.8 Å². The molecule has 21 heavy (non-hydrogen) atoms. The number of carbonyl (C=O) groups is 2. The van der Waals surface area contributed by atoms with E-state index in [0.717, 1.165) is 6.42 Å². The zero-order chi connectivity index (χ0) is 15.3. The van der Waals surface area contributed by atoms with Crippen LogP contribution in [-0.4, -0.2) is 30.1 Å². The first-order valence-corrected chi connectivity index (χ1v) is 6.69. The van der Waals surface area contributed by atoms with Crippen LogP contribution in [0.2, 0.25) is 0 Å². The molecule has 2 rings (SSSR count). The highest BCUT2D eigenvalue weighted by Crippen LogP contribution is 2.40. The summed E-state index contributed by atoms with van der Waals surface area (Å²) in [7, 11) is 0. The Morgan fingerprint density at radius 1 is 1.33 bits per heavy atom. The minimum atomic E-state index is -0.859. The van der Waals surface area contributed by atoms with Gasteiger partial charge in [0.2, 0.25) is 0 Å². The van der Waals surface area contributed by atoms with Crippen LogP contribution in [0.5, 0.6) is 5.75 Å². The second-order valence-electron chi connectivity index (χ2n) is 5.14. The fourth-order valence-corrected chi connectivity index (χ4v) is 2.16. The SMILES string of the molecule is N#Cc1ccc(OCC(=O)NCC2(C(=O)O)CCC2)cc1. The Bertz CT molecular complexity index is 570. The van der Waals surface area contributed by atoms with Gasteiger partial charge in [-0.2, -0.15) is 5.26 Å². The molecule has 2 N–H and O–H groups in total. The average molecular weight is 288 g/mol. The first-order chi connectivity index (χ1) is 10.1. The van der Waals surface area contributed by atoms with Crippen LogP contribution in [0.3, 0.4) is 0 Å². The monoisotopic (exact) mass is 288 g/mol. The summed E-state index contributed by atoms with van der Waals surface area (Å²) in [6.07, 6.45) is 2.07. The van der Waals surface area contributed by atoms with E-state index >= 15 is 0 Å². The van der Waals surface area contributed by atoms with Crippen LogP contribution in [0.15, 0.2) is 24.3 Å². The summed E-state index contributed by atoms with van der Waals surface area (Å²) in [6, 6.07) is 8.40. The molecule has 1 aromatic carbocycles. The molecule has 0 unspecified atom stereocenters. The van der Waals surface area contributed by atoms with Gasteiger partial charge in [-0.05, 0) is 37.1 Å². The molecule has 0 saturated heterocycles. The van der Waals surface area contributed by atoms with Crippen molar-refractivity contribution in [3.8, 4) is 11.8 Å². The molecule has 0 spiro atoms. The molecule has 1 aromatic rings. The van der Waals surface area contributed by atoms with Crippen LogP contribution in [0.25, 0.3) is 0 Å². The maximum absolute atomic E-state index is 11.7. The van der Waals surface area contributed by atoms with Gasteiger partial charge in [-0.15, -0.1) is 0 Å². The van der Waals surface area contributed by atoms with E-state index in [4.69, 9.17) is 15.1 Å². The van der Waals surface area contributed by atoms with Crippen molar-refractivity contribution in [3.63, 3.8) is 0 Å². The second-order valence-corrected chi connectivity index (χ2v) is 5.14. The van der Waals surface area contributed by atoms with Crippen LogP contribution in [-0.2, 0) is 9.59 Å². The Hall–Kier alpha value is -2.55. The predicted octanol–water partition coefficient (Wildman–Crippen LogP) is 1.31. The number of amides is 1. The van der Waals surface area contributed by atoms with Gasteiger partial charge in [-0.25, -0.2) is 0 Å². The predicted molar refractivity (Wildman–Crippen MR) is 73.6 cm³/mol. The second kappa shape index (κ2) is 6.27. The Labute approximate surface area is 122 Å². The zero-order valence-corrected chi connectivity index (χ0v) is 11.5. The smallest absolute Gasteiger partial charge is 0.311 e. The van der Waals surface area contributed by atoms with Crippen LogP contribution < -0.4 is 10.1 Å². The van der Waals surface area contributed by atoms with Crippen molar-refractivity contribution >= 4 is 11.9 Å². The van der Waals surface area contributed by atoms with E-state index in [0.29, 0.717) is 24.2 Å². The summed E-state index contributed by atoms with van der Waals surface area (Å²) in [5.41, 5.74) is -0.287. The molecule has 6 heteroatoms. The van der Waals surface area contributed by atoms with E-state index in [9.17, 15) is 9.59 Å². The van der Waals surface area contributed by atoms with Gasteiger partial charge in [0.15, 0.2) is 6.61 Å². The standard InChI is InChI=1S/C15H16N2O4/c16-8-11-2-4-12(5-3-11)21-9-13(18)17-10-15(14(19)20)6-1-7-15/h2-5H,1,6-7,9-10H2,(H,17,18)(H,19,20). The molecule has 1 aliphatic rings. The molecule has 0 aromatic heterocycles. The Morgan fingerprint density at radius 2 is 2.00 bits per heavy atom. The van der Waals surface area contributed by atoms with Gasteiger partial charge < -0.3 is 15.2 Å². The van der Waals surface area contributed by atoms with Crippen LogP contribution in [0.4, 0.5) is 0 Å². The van der Waals surface area contributed by atoms with Gasteiger partial charge in [0, 0.05) is 6.54 Å². The Morgan fingerprint density at radius 3 is 2.48 bits per heavy atom. The van der Waals surface area contributed by atoms with E-state index in [1.807, 2.05) is 6.07 Å². The number of carboxylic acids is 1. The fraction of sp³-hybridized carbons (Fsp3) is 0.400. The minimum absolute atomic E-state index is 0.137. The van der Waals surface area contributed by atoms with Crippen molar-refractivity contribution < 1.29 is 19.4 Å². The molecule has 110 valence electrons. The number of benzene rings is 1.